The molecule has 0 aliphatic carbocycles. The molecule has 15 heavy (non-hydrogen) atoms. The van der Waals surface area contributed by atoms with Crippen LogP contribution in [0.3, 0.4) is 0 Å². The summed E-state index contributed by atoms with van der Waals surface area (Å²) in [6.07, 6.45) is -1.03. The molecular formula is C10H20O5. The van der Waals surface area contributed by atoms with E-state index in [2.05, 4.69) is 0 Å². The molecule has 90 valence electrons. The Labute approximate surface area is 89.9 Å². The quantitative estimate of drug-likeness (QED) is 0.483. The molecule has 1 fully saturated rings. The van der Waals surface area contributed by atoms with Gasteiger partial charge in [-0.2, -0.15) is 0 Å². The third kappa shape index (κ3) is 3.39. The van der Waals surface area contributed by atoms with Gasteiger partial charge < -0.3 is 24.4 Å². The Morgan fingerprint density at radius 2 is 2.13 bits per heavy atom. The zero-order chi connectivity index (χ0) is 11.3. The van der Waals surface area contributed by atoms with Crippen LogP contribution >= 0.6 is 0 Å². The molecular weight excluding hydrogens is 200 g/mol. The Balaban J connectivity index is 2.28. The summed E-state index contributed by atoms with van der Waals surface area (Å²) < 4.78 is 15.8. The fourth-order valence-electron chi connectivity index (χ4n) is 1.64. The predicted octanol–water partition coefficient (Wildman–Crippen LogP) is -0.104. The SMILES string of the molecule is CCCOCO[C@H]1C(O)[C@@H](CO)O[C@H]1C. The van der Waals surface area contributed by atoms with E-state index in [1.165, 1.54) is 0 Å². The molecule has 0 saturated carbocycles. The molecule has 1 rings (SSSR count). The summed E-state index contributed by atoms with van der Waals surface area (Å²) in [5, 5.41) is 18.6. The fourth-order valence-corrected chi connectivity index (χ4v) is 1.64. The van der Waals surface area contributed by atoms with Crippen molar-refractivity contribution in [3.8, 4) is 0 Å². The minimum Gasteiger partial charge on any atom is -0.394 e. The molecule has 0 bridgehead atoms. The molecule has 5 nitrogen and oxygen atoms in total. The van der Waals surface area contributed by atoms with Gasteiger partial charge in [-0.15, -0.1) is 0 Å². The molecule has 5 heteroatoms. The van der Waals surface area contributed by atoms with Gasteiger partial charge in [0.1, 0.15) is 25.1 Å². The van der Waals surface area contributed by atoms with E-state index in [1.54, 1.807) is 0 Å². The molecule has 0 amide bonds. The maximum Gasteiger partial charge on any atom is 0.147 e. The van der Waals surface area contributed by atoms with Gasteiger partial charge in [0.05, 0.1) is 12.7 Å². The van der Waals surface area contributed by atoms with Crippen molar-refractivity contribution in [3.63, 3.8) is 0 Å². The maximum absolute atomic E-state index is 9.71. The van der Waals surface area contributed by atoms with Gasteiger partial charge in [-0.25, -0.2) is 0 Å². The van der Waals surface area contributed by atoms with Crippen LogP contribution in [0.4, 0.5) is 0 Å². The van der Waals surface area contributed by atoms with Gasteiger partial charge in [0.2, 0.25) is 0 Å². The molecule has 1 saturated heterocycles. The van der Waals surface area contributed by atoms with Crippen molar-refractivity contribution in [2.75, 3.05) is 20.0 Å². The van der Waals surface area contributed by atoms with Gasteiger partial charge in [0.25, 0.3) is 0 Å². The summed E-state index contributed by atoms with van der Waals surface area (Å²) >= 11 is 0. The molecule has 4 atom stereocenters. The van der Waals surface area contributed by atoms with Crippen molar-refractivity contribution in [2.24, 2.45) is 0 Å². The van der Waals surface area contributed by atoms with Crippen molar-refractivity contribution in [1.82, 2.24) is 0 Å². The Hall–Kier alpha value is -0.200. The van der Waals surface area contributed by atoms with Crippen LogP contribution in [0.2, 0.25) is 0 Å². The lowest BCUT2D eigenvalue weighted by molar-refractivity contribution is -0.123. The fraction of sp³-hybridized carbons (Fsp3) is 1.00. The molecule has 0 aromatic heterocycles. The van der Waals surface area contributed by atoms with Crippen LogP contribution in [-0.2, 0) is 14.2 Å². The van der Waals surface area contributed by atoms with Gasteiger partial charge in [-0.3, -0.25) is 0 Å². The van der Waals surface area contributed by atoms with Gasteiger partial charge in [-0.05, 0) is 13.3 Å². The lowest BCUT2D eigenvalue weighted by Crippen LogP contribution is -2.36. The highest BCUT2D eigenvalue weighted by atomic mass is 16.7. The highest BCUT2D eigenvalue weighted by Crippen LogP contribution is 2.23. The van der Waals surface area contributed by atoms with E-state index >= 15 is 0 Å². The molecule has 0 aromatic rings. The molecule has 1 unspecified atom stereocenters. The van der Waals surface area contributed by atoms with Crippen molar-refractivity contribution in [2.45, 2.75) is 44.7 Å². The van der Waals surface area contributed by atoms with E-state index in [0.717, 1.165) is 6.42 Å². The second-order valence-electron chi connectivity index (χ2n) is 3.71. The summed E-state index contributed by atoms with van der Waals surface area (Å²) in [7, 11) is 0. The Morgan fingerprint density at radius 3 is 2.67 bits per heavy atom. The van der Waals surface area contributed by atoms with E-state index in [9.17, 15) is 5.11 Å². The van der Waals surface area contributed by atoms with E-state index in [-0.39, 0.29) is 19.5 Å². The van der Waals surface area contributed by atoms with Crippen LogP contribution in [0.1, 0.15) is 20.3 Å². The second-order valence-corrected chi connectivity index (χ2v) is 3.71. The van der Waals surface area contributed by atoms with E-state index in [4.69, 9.17) is 19.3 Å². The molecule has 1 aliphatic rings. The van der Waals surface area contributed by atoms with Crippen molar-refractivity contribution in [1.29, 1.82) is 0 Å². The van der Waals surface area contributed by atoms with Crippen LogP contribution < -0.4 is 0 Å². The largest absolute Gasteiger partial charge is 0.394 e. The average Bonchev–Trinajstić information content (AvgIpc) is 2.50. The molecule has 1 aliphatic heterocycles. The van der Waals surface area contributed by atoms with Crippen LogP contribution in [0.5, 0.6) is 0 Å². The number of ether oxygens (including phenoxy) is 3. The second kappa shape index (κ2) is 6.40. The van der Waals surface area contributed by atoms with Crippen molar-refractivity contribution >= 4 is 0 Å². The Bertz CT molecular complexity index is 175. The molecule has 0 aromatic carbocycles. The molecule has 0 spiro atoms. The third-order valence-corrected chi connectivity index (χ3v) is 2.44. The smallest absolute Gasteiger partial charge is 0.147 e. The van der Waals surface area contributed by atoms with E-state index in [1.807, 2.05) is 13.8 Å². The number of hydrogen-bond acceptors (Lipinski definition) is 5. The summed E-state index contributed by atoms with van der Waals surface area (Å²) in [5.41, 5.74) is 0. The maximum atomic E-state index is 9.71. The zero-order valence-electron chi connectivity index (χ0n) is 9.26. The van der Waals surface area contributed by atoms with Crippen LogP contribution in [0.25, 0.3) is 0 Å². The summed E-state index contributed by atoms with van der Waals surface area (Å²) in [6.45, 7) is 4.42. The normalized spacial score (nSPS) is 36.0. The monoisotopic (exact) mass is 220 g/mol. The molecule has 0 radical (unpaired) electrons. The summed E-state index contributed by atoms with van der Waals surface area (Å²) in [5.74, 6) is 0. The number of aliphatic hydroxyl groups excluding tert-OH is 2. The minimum atomic E-state index is -0.782. The first-order valence-electron chi connectivity index (χ1n) is 5.34. The van der Waals surface area contributed by atoms with E-state index in [0.29, 0.717) is 6.61 Å². The van der Waals surface area contributed by atoms with Crippen LogP contribution in [-0.4, -0.2) is 54.6 Å². The highest BCUT2D eigenvalue weighted by Gasteiger charge is 2.41. The third-order valence-electron chi connectivity index (χ3n) is 2.44. The number of rotatable bonds is 6. The number of hydrogen-bond donors (Lipinski definition) is 2. The summed E-state index contributed by atoms with van der Waals surface area (Å²) in [4.78, 5) is 0. The van der Waals surface area contributed by atoms with Gasteiger partial charge in [-0.1, -0.05) is 6.92 Å². The predicted molar refractivity (Wildman–Crippen MR) is 53.4 cm³/mol. The van der Waals surface area contributed by atoms with Crippen LogP contribution in [0.15, 0.2) is 0 Å². The highest BCUT2D eigenvalue weighted by molar-refractivity contribution is 4.89. The zero-order valence-corrected chi connectivity index (χ0v) is 9.26. The first-order valence-corrected chi connectivity index (χ1v) is 5.34. The number of aliphatic hydroxyl groups is 2. The van der Waals surface area contributed by atoms with Gasteiger partial charge in [0.15, 0.2) is 0 Å². The molecule has 2 N–H and O–H groups in total. The lowest BCUT2D eigenvalue weighted by Gasteiger charge is -2.18. The molecule has 1 heterocycles. The van der Waals surface area contributed by atoms with Gasteiger partial charge in [0, 0.05) is 6.61 Å². The van der Waals surface area contributed by atoms with Crippen molar-refractivity contribution < 1.29 is 24.4 Å². The lowest BCUT2D eigenvalue weighted by atomic mass is 10.1. The van der Waals surface area contributed by atoms with Gasteiger partial charge >= 0.3 is 0 Å². The average molecular weight is 220 g/mol. The Kier molecular flexibility index (Phi) is 5.49. The minimum absolute atomic E-state index is 0.154. The van der Waals surface area contributed by atoms with E-state index < -0.39 is 18.3 Å². The Morgan fingerprint density at radius 1 is 1.40 bits per heavy atom. The van der Waals surface area contributed by atoms with Crippen LogP contribution in [0, 0.1) is 0 Å². The topological polar surface area (TPSA) is 68.2 Å². The van der Waals surface area contributed by atoms with Crippen molar-refractivity contribution in [3.05, 3.63) is 0 Å². The standard InChI is InChI=1S/C10H20O5/c1-3-4-13-6-14-10-7(2)15-8(5-11)9(10)12/h7-12H,3-6H2,1-2H3/t7-,8+,9?,10+/m0/s1. The first kappa shape index (κ1) is 12.9. The first-order chi connectivity index (χ1) is 7.20. The summed E-state index contributed by atoms with van der Waals surface area (Å²) in [6, 6.07) is 0.